The molecule has 1 aliphatic heterocycles. The van der Waals surface area contributed by atoms with Gasteiger partial charge in [-0.2, -0.15) is 0 Å². The number of likely N-dealkylation sites (N-methyl/N-ethyl adjacent to an activating group) is 1. The number of aromatic nitrogens is 1. The molecule has 1 aliphatic rings. The number of carbonyl (C=O) groups excluding carboxylic acids is 1. The van der Waals surface area contributed by atoms with Crippen LogP contribution in [0.15, 0.2) is 52.1 Å². The van der Waals surface area contributed by atoms with Gasteiger partial charge in [0.15, 0.2) is 17.5 Å². The monoisotopic (exact) mass is 500 g/mol. The maximum Gasteiger partial charge on any atom is 0.276 e. The van der Waals surface area contributed by atoms with Crippen molar-refractivity contribution < 1.29 is 14.4 Å². The molecule has 1 fully saturated rings. The van der Waals surface area contributed by atoms with Crippen LogP contribution in [0.3, 0.4) is 0 Å². The fraction of sp³-hybridized carbons (Fsp3) is 0.391. The third-order valence-electron chi connectivity index (χ3n) is 5.75. The van der Waals surface area contributed by atoms with Crippen LogP contribution in [0.5, 0.6) is 5.75 Å². The molecule has 1 aromatic heterocycles. The first kappa shape index (κ1) is 26.0. The topological polar surface area (TPSA) is 166 Å². The minimum atomic E-state index is -0.423. The van der Waals surface area contributed by atoms with Crippen LogP contribution in [0.2, 0.25) is 0 Å². The number of amidine groups is 1. The highest BCUT2D eigenvalue weighted by molar-refractivity contribution is 7.13. The normalized spacial score (nSPS) is 17.7. The van der Waals surface area contributed by atoms with E-state index >= 15 is 0 Å². The van der Waals surface area contributed by atoms with E-state index in [0.717, 1.165) is 11.3 Å². The van der Waals surface area contributed by atoms with Crippen LogP contribution in [0, 0.1) is 0 Å². The number of benzene rings is 1. The van der Waals surface area contributed by atoms with Gasteiger partial charge < -0.3 is 37.0 Å². The van der Waals surface area contributed by atoms with Gasteiger partial charge in [0, 0.05) is 30.2 Å². The fourth-order valence-electron chi connectivity index (χ4n) is 3.46. The molecule has 11 nitrogen and oxygen atoms in total. The standard InChI is InChI=1S/C23H32N8O3S/c1-14-19(23(2,3)31(14)4)29-21(32)18(17-13-35-22(26)28-17)30-34-12-11-33-16-7-5-15(6-8-16)20(25)27-10-9-24/h5-8,13,19H,1,9-12,24H2,2-4H3,(H2,25,27)(H2,26,28)(H,29,32)/b30-18-/t19-/m1/s1. The van der Waals surface area contributed by atoms with Crippen molar-refractivity contribution in [3.63, 3.8) is 0 Å². The van der Waals surface area contributed by atoms with E-state index in [-0.39, 0.29) is 30.5 Å². The van der Waals surface area contributed by atoms with Crippen molar-refractivity contribution in [2.45, 2.75) is 25.4 Å². The Morgan fingerprint density at radius 2 is 2.03 bits per heavy atom. The van der Waals surface area contributed by atoms with Crippen LogP contribution >= 0.6 is 11.3 Å². The summed E-state index contributed by atoms with van der Waals surface area (Å²) in [7, 11) is 1.93. The fourth-order valence-corrected chi connectivity index (χ4v) is 4.01. The largest absolute Gasteiger partial charge is 0.490 e. The van der Waals surface area contributed by atoms with Crippen molar-refractivity contribution in [3.05, 3.63) is 53.2 Å². The average molecular weight is 501 g/mol. The van der Waals surface area contributed by atoms with E-state index in [1.165, 1.54) is 11.3 Å². The lowest BCUT2D eigenvalue weighted by molar-refractivity contribution is -0.117. The van der Waals surface area contributed by atoms with Crippen LogP contribution < -0.4 is 27.3 Å². The van der Waals surface area contributed by atoms with Gasteiger partial charge in [-0.25, -0.2) is 4.98 Å². The Kier molecular flexibility index (Phi) is 8.30. The highest BCUT2D eigenvalue weighted by Crippen LogP contribution is 2.36. The molecule has 0 radical (unpaired) electrons. The lowest BCUT2D eigenvalue weighted by Gasteiger charge is -2.56. The van der Waals surface area contributed by atoms with Gasteiger partial charge in [-0.3, -0.25) is 9.79 Å². The zero-order valence-electron chi connectivity index (χ0n) is 20.2. The number of hydrogen-bond acceptors (Lipinski definition) is 10. The summed E-state index contributed by atoms with van der Waals surface area (Å²) in [6.45, 7) is 9.30. The third-order valence-corrected chi connectivity index (χ3v) is 6.42. The van der Waals surface area contributed by atoms with Crippen molar-refractivity contribution in [1.82, 2.24) is 15.2 Å². The maximum absolute atomic E-state index is 13.0. The number of nitrogens with one attached hydrogen (secondary N) is 1. The average Bonchev–Trinajstić information content (AvgIpc) is 3.28. The molecule has 1 atom stereocenters. The molecule has 2 heterocycles. The van der Waals surface area contributed by atoms with E-state index in [1.54, 1.807) is 17.5 Å². The number of nitrogens with zero attached hydrogens (tertiary/aromatic N) is 4. The number of carbonyl (C=O) groups is 1. The predicted octanol–water partition coefficient (Wildman–Crippen LogP) is 0.912. The highest BCUT2D eigenvalue weighted by atomic mass is 32.1. The molecule has 1 aromatic carbocycles. The Morgan fingerprint density at radius 1 is 1.31 bits per heavy atom. The lowest BCUT2D eigenvalue weighted by Crippen LogP contribution is -2.69. The smallest absolute Gasteiger partial charge is 0.276 e. The predicted molar refractivity (Wildman–Crippen MR) is 139 cm³/mol. The van der Waals surface area contributed by atoms with Crippen molar-refractivity contribution >= 4 is 33.9 Å². The second kappa shape index (κ2) is 11.2. The van der Waals surface area contributed by atoms with Crippen molar-refractivity contribution in [1.29, 1.82) is 0 Å². The summed E-state index contributed by atoms with van der Waals surface area (Å²) in [6.07, 6.45) is 0. The Balaban J connectivity index is 1.57. The number of anilines is 1. The van der Waals surface area contributed by atoms with Gasteiger partial charge in [0.25, 0.3) is 5.91 Å². The summed E-state index contributed by atoms with van der Waals surface area (Å²) >= 11 is 1.21. The SMILES string of the molecule is C=C1[C@@H](NC(=O)/C(=N\OCCOc2ccc(C(N)=NCCN)cc2)c2csc(N)n2)C(C)(C)N1C. The number of amides is 1. The summed E-state index contributed by atoms with van der Waals surface area (Å²) in [5.41, 5.74) is 18.8. The van der Waals surface area contributed by atoms with Crippen LogP contribution in [-0.4, -0.2) is 72.3 Å². The molecule has 2 aromatic rings. The summed E-state index contributed by atoms with van der Waals surface area (Å²) in [5, 5.41) is 8.98. The van der Waals surface area contributed by atoms with Crippen molar-refractivity contribution in [2.24, 2.45) is 21.6 Å². The Bertz CT molecular complexity index is 1110. The first-order valence-electron chi connectivity index (χ1n) is 11.0. The summed E-state index contributed by atoms with van der Waals surface area (Å²) in [4.78, 5) is 28.8. The molecule has 0 bridgehead atoms. The van der Waals surface area contributed by atoms with Crippen LogP contribution in [0.25, 0.3) is 0 Å². The number of aliphatic imine (C=N–C) groups is 1. The molecule has 0 unspecified atom stereocenters. The molecule has 35 heavy (non-hydrogen) atoms. The van der Waals surface area contributed by atoms with Gasteiger partial charge in [-0.05, 0) is 38.1 Å². The number of likely N-dealkylation sites (tertiary alicyclic amines) is 1. The molecule has 0 aliphatic carbocycles. The quantitative estimate of drug-likeness (QED) is 0.153. The molecule has 12 heteroatoms. The van der Waals surface area contributed by atoms with Crippen molar-refractivity contribution in [3.8, 4) is 5.75 Å². The summed E-state index contributed by atoms with van der Waals surface area (Å²) in [5.74, 6) is 0.634. The van der Waals surface area contributed by atoms with E-state index < -0.39 is 5.91 Å². The zero-order valence-corrected chi connectivity index (χ0v) is 21.0. The number of rotatable bonds is 11. The van der Waals surface area contributed by atoms with Gasteiger partial charge in [0.1, 0.15) is 23.9 Å². The second-order valence-corrected chi connectivity index (χ2v) is 9.27. The maximum atomic E-state index is 13.0. The van der Waals surface area contributed by atoms with Crippen LogP contribution in [0.4, 0.5) is 5.13 Å². The molecule has 0 spiro atoms. The Hall–Kier alpha value is -3.64. The lowest BCUT2D eigenvalue weighted by atomic mass is 9.80. The molecule has 1 saturated heterocycles. The molecule has 7 N–H and O–H groups in total. The third kappa shape index (κ3) is 6.08. The van der Waals surface area contributed by atoms with Gasteiger partial charge in [0.05, 0.1) is 18.1 Å². The second-order valence-electron chi connectivity index (χ2n) is 8.38. The van der Waals surface area contributed by atoms with Gasteiger partial charge in [-0.15, -0.1) is 11.3 Å². The number of ether oxygens (including phenoxy) is 1. The van der Waals surface area contributed by atoms with Crippen molar-refractivity contribution in [2.75, 3.05) is 39.1 Å². The number of nitrogens with two attached hydrogens (primary N) is 3. The van der Waals surface area contributed by atoms with Gasteiger partial charge >= 0.3 is 0 Å². The van der Waals surface area contributed by atoms with Gasteiger partial charge in [-0.1, -0.05) is 11.7 Å². The Labute approximate surface area is 208 Å². The minimum absolute atomic E-state index is 0.0349. The zero-order chi connectivity index (χ0) is 25.6. The van der Waals surface area contributed by atoms with E-state index in [2.05, 4.69) is 27.0 Å². The Morgan fingerprint density at radius 3 is 2.63 bits per heavy atom. The minimum Gasteiger partial charge on any atom is -0.490 e. The number of oxime groups is 1. The highest BCUT2D eigenvalue weighted by Gasteiger charge is 2.48. The van der Waals surface area contributed by atoms with Gasteiger partial charge in [0.2, 0.25) is 0 Å². The molecular weight excluding hydrogens is 468 g/mol. The summed E-state index contributed by atoms with van der Waals surface area (Å²) < 4.78 is 5.67. The van der Waals surface area contributed by atoms with E-state index in [4.69, 9.17) is 26.8 Å². The first-order valence-corrected chi connectivity index (χ1v) is 11.9. The number of thiazole rings is 1. The van der Waals surface area contributed by atoms with Crippen LogP contribution in [0.1, 0.15) is 25.1 Å². The first-order chi connectivity index (χ1) is 16.6. The van der Waals surface area contributed by atoms with Crippen LogP contribution in [-0.2, 0) is 9.63 Å². The molecule has 188 valence electrons. The number of hydrogen-bond donors (Lipinski definition) is 4. The molecule has 0 saturated carbocycles. The molecule has 3 rings (SSSR count). The molecule has 1 amide bonds. The van der Waals surface area contributed by atoms with E-state index in [1.807, 2.05) is 37.9 Å². The molecular formula is C23H32N8O3S. The van der Waals surface area contributed by atoms with E-state index in [0.29, 0.717) is 35.5 Å². The van der Waals surface area contributed by atoms with E-state index in [9.17, 15) is 4.79 Å². The summed E-state index contributed by atoms with van der Waals surface area (Å²) in [6, 6.07) is 6.95. The number of nitrogen functional groups attached to an aromatic ring is 1.